The van der Waals surface area contributed by atoms with Crippen molar-refractivity contribution in [3.05, 3.63) is 70.6 Å². The van der Waals surface area contributed by atoms with Gasteiger partial charge < -0.3 is 28.8 Å². The number of methoxy groups -OCH3 is 4. The summed E-state index contributed by atoms with van der Waals surface area (Å²) >= 11 is 0. The summed E-state index contributed by atoms with van der Waals surface area (Å²) in [6.07, 6.45) is 9.63. The van der Waals surface area contributed by atoms with Crippen LogP contribution in [0, 0.1) is 11.8 Å². The van der Waals surface area contributed by atoms with Gasteiger partial charge in [-0.1, -0.05) is 12.2 Å². The van der Waals surface area contributed by atoms with E-state index in [-0.39, 0.29) is 36.3 Å². The van der Waals surface area contributed by atoms with Crippen LogP contribution >= 0.6 is 0 Å². The highest BCUT2D eigenvalue weighted by atomic mass is 16.5. The number of carbonyl (C=O) groups is 3. The lowest BCUT2D eigenvalue weighted by Crippen LogP contribution is -2.23. The average Bonchev–Trinajstić information content (AvgIpc) is 2.81. The molecule has 0 heterocycles. The molecule has 2 aliphatic carbocycles. The summed E-state index contributed by atoms with van der Waals surface area (Å²) in [4.78, 5) is 35.9. The summed E-state index contributed by atoms with van der Waals surface area (Å²) < 4.78 is 25.8. The smallest absolute Gasteiger partial charge is 0.302 e. The van der Waals surface area contributed by atoms with Crippen LogP contribution in [-0.4, -0.2) is 64.3 Å². The van der Waals surface area contributed by atoms with Crippen molar-refractivity contribution >= 4 is 17.5 Å². The Bertz CT molecular complexity index is 924. The lowest BCUT2D eigenvalue weighted by Gasteiger charge is -2.23. The summed E-state index contributed by atoms with van der Waals surface area (Å²) in [5.74, 6) is -1.90. The van der Waals surface area contributed by atoms with Crippen molar-refractivity contribution in [3.8, 4) is 0 Å². The number of aliphatic hydroxyl groups is 1. The molecule has 2 rings (SSSR count). The Morgan fingerprint density at radius 1 is 0.788 bits per heavy atom. The van der Waals surface area contributed by atoms with Crippen LogP contribution in [0.3, 0.4) is 0 Å². The number of hydrogen-bond donors (Lipinski definition) is 1. The largest absolute Gasteiger partial charge is 0.492 e. The molecule has 0 aromatic rings. The van der Waals surface area contributed by atoms with Crippen molar-refractivity contribution in [2.24, 2.45) is 11.8 Å². The molecule has 2 atom stereocenters. The van der Waals surface area contributed by atoms with Crippen molar-refractivity contribution in [1.29, 1.82) is 0 Å². The Morgan fingerprint density at radius 3 is 1.45 bits per heavy atom. The minimum atomic E-state index is -0.528. The van der Waals surface area contributed by atoms with Crippen molar-refractivity contribution in [2.45, 2.75) is 6.92 Å². The molecule has 0 bridgehead atoms. The number of hydrogen-bond acceptors (Lipinski definition) is 9. The second-order valence-corrected chi connectivity index (χ2v) is 7.16. The lowest BCUT2D eigenvalue weighted by molar-refractivity contribution is -0.142. The Balaban J connectivity index is 2.50. The van der Waals surface area contributed by atoms with Gasteiger partial charge in [0.05, 0.1) is 41.7 Å². The number of aliphatic hydroxyl groups excluding tert-OH is 1. The molecule has 0 radical (unpaired) electrons. The summed E-state index contributed by atoms with van der Waals surface area (Å²) in [6.45, 7) is 0.963. The van der Waals surface area contributed by atoms with E-state index in [2.05, 4.69) is 0 Å². The molecule has 0 aliphatic heterocycles. The van der Waals surface area contributed by atoms with Crippen molar-refractivity contribution in [2.75, 3.05) is 41.7 Å². The third-order valence-electron chi connectivity index (χ3n) is 5.02. The zero-order chi connectivity index (χ0) is 24.5. The average molecular weight is 460 g/mol. The molecule has 9 heteroatoms. The molecule has 0 saturated carbocycles. The molecule has 0 aromatic heterocycles. The summed E-state index contributed by atoms with van der Waals surface area (Å²) in [6, 6.07) is 0. The fourth-order valence-electron chi connectivity index (χ4n) is 3.31. The standard InChI is InChI=1S/C24H28O9/c1-14(26)33-13-18(7-16-10-21(31-4)24(28)22(11-16)32-5)17(12-25)6-15-8-19(29-2)23(27)20(9-15)30-3/h6-11,17-18,25H,12-13H2,1-5H3. The Morgan fingerprint density at radius 2 is 1.15 bits per heavy atom. The van der Waals surface area contributed by atoms with Crippen LogP contribution in [0.4, 0.5) is 0 Å². The van der Waals surface area contributed by atoms with Gasteiger partial charge in [-0.15, -0.1) is 0 Å². The minimum absolute atomic E-state index is 0.0330. The van der Waals surface area contributed by atoms with E-state index in [0.717, 1.165) is 0 Å². The van der Waals surface area contributed by atoms with Crippen LogP contribution in [-0.2, 0) is 38.1 Å². The maximum Gasteiger partial charge on any atom is 0.302 e. The van der Waals surface area contributed by atoms with E-state index < -0.39 is 29.4 Å². The molecule has 2 unspecified atom stereocenters. The Kier molecular flexibility index (Phi) is 9.23. The molecule has 178 valence electrons. The molecule has 0 amide bonds. The van der Waals surface area contributed by atoms with Gasteiger partial charge in [0.1, 0.15) is 0 Å². The van der Waals surface area contributed by atoms with Crippen LogP contribution in [0.2, 0.25) is 0 Å². The van der Waals surface area contributed by atoms with E-state index in [1.807, 2.05) is 0 Å². The number of rotatable bonds is 10. The lowest BCUT2D eigenvalue weighted by atomic mass is 9.87. The van der Waals surface area contributed by atoms with Gasteiger partial charge >= 0.3 is 5.97 Å². The molecule has 33 heavy (non-hydrogen) atoms. The first-order valence-electron chi connectivity index (χ1n) is 10.1. The number of ketones is 2. The van der Waals surface area contributed by atoms with Gasteiger partial charge in [-0.25, -0.2) is 0 Å². The predicted octanol–water partition coefficient (Wildman–Crippen LogP) is 1.91. The van der Waals surface area contributed by atoms with E-state index >= 15 is 0 Å². The first kappa shape index (κ1) is 25.7. The number of ether oxygens (including phenoxy) is 5. The minimum Gasteiger partial charge on any atom is -0.492 e. The molecule has 0 fully saturated rings. The molecule has 1 N–H and O–H groups in total. The molecule has 0 spiro atoms. The molecular formula is C24H28O9. The van der Waals surface area contributed by atoms with Crippen molar-refractivity contribution in [1.82, 2.24) is 0 Å². The van der Waals surface area contributed by atoms with Gasteiger partial charge in [-0.2, -0.15) is 0 Å². The zero-order valence-corrected chi connectivity index (χ0v) is 19.2. The van der Waals surface area contributed by atoms with E-state index in [1.165, 1.54) is 47.5 Å². The molecule has 9 nitrogen and oxygen atoms in total. The van der Waals surface area contributed by atoms with Crippen LogP contribution in [0.15, 0.2) is 70.6 Å². The summed E-state index contributed by atoms with van der Waals surface area (Å²) in [7, 11) is 5.50. The van der Waals surface area contributed by atoms with E-state index in [1.54, 1.807) is 24.3 Å². The van der Waals surface area contributed by atoms with Gasteiger partial charge in [-0.3, -0.25) is 14.4 Å². The second kappa shape index (κ2) is 11.9. The van der Waals surface area contributed by atoms with Gasteiger partial charge in [0.25, 0.3) is 11.6 Å². The fourth-order valence-corrected chi connectivity index (χ4v) is 3.31. The van der Waals surface area contributed by atoms with Gasteiger partial charge in [0.2, 0.25) is 0 Å². The molecule has 0 saturated heterocycles. The fraction of sp³-hybridized carbons (Fsp3) is 0.375. The Hall–Kier alpha value is -3.59. The summed E-state index contributed by atoms with van der Waals surface area (Å²) in [5, 5.41) is 10.1. The highest BCUT2D eigenvalue weighted by Gasteiger charge is 2.26. The molecule has 0 aromatic carbocycles. The molecule has 2 aliphatic rings. The van der Waals surface area contributed by atoms with Gasteiger partial charge in [0.15, 0.2) is 23.0 Å². The van der Waals surface area contributed by atoms with E-state index in [4.69, 9.17) is 23.7 Å². The van der Waals surface area contributed by atoms with Crippen LogP contribution < -0.4 is 0 Å². The monoisotopic (exact) mass is 460 g/mol. The highest BCUT2D eigenvalue weighted by Crippen LogP contribution is 2.27. The summed E-state index contributed by atoms with van der Waals surface area (Å²) in [5.41, 5.74) is 1.16. The van der Waals surface area contributed by atoms with Crippen LogP contribution in [0.5, 0.6) is 0 Å². The maximum atomic E-state index is 12.2. The highest BCUT2D eigenvalue weighted by molar-refractivity contribution is 6.08. The third-order valence-corrected chi connectivity index (χ3v) is 5.02. The number of allylic oxidation sites excluding steroid dienone is 6. The number of esters is 1. The van der Waals surface area contributed by atoms with Crippen LogP contribution in [0.1, 0.15) is 6.92 Å². The quantitative estimate of drug-likeness (QED) is 0.488. The number of Topliss-reactive ketones (excluding diaryl/α,β-unsaturated/α-hetero) is 2. The predicted molar refractivity (Wildman–Crippen MR) is 117 cm³/mol. The van der Waals surface area contributed by atoms with Crippen molar-refractivity contribution < 1.29 is 43.2 Å². The second-order valence-electron chi connectivity index (χ2n) is 7.16. The normalized spacial score (nSPS) is 17.6. The van der Waals surface area contributed by atoms with Crippen LogP contribution in [0.25, 0.3) is 0 Å². The topological polar surface area (TPSA) is 118 Å². The first-order valence-corrected chi connectivity index (χ1v) is 10.1. The first-order chi connectivity index (χ1) is 15.8. The number of carbonyl (C=O) groups excluding carboxylic acids is 3. The van der Waals surface area contributed by atoms with E-state index in [0.29, 0.717) is 11.1 Å². The molecular weight excluding hydrogens is 432 g/mol. The maximum absolute atomic E-state index is 12.2. The third kappa shape index (κ3) is 6.45. The zero-order valence-electron chi connectivity index (χ0n) is 19.2. The van der Waals surface area contributed by atoms with Gasteiger partial charge in [0, 0.05) is 18.8 Å². The van der Waals surface area contributed by atoms with E-state index in [9.17, 15) is 19.5 Å². The van der Waals surface area contributed by atoms with Gasteiger partial charge in [-0.05, 0) is 35.5 Å². The van der Waals surface area contributed by atoms with Crippen molar-refractivity contribution in [3.63, 3.8) is 0 Å². The Labute approximate surface area is 192 Å². The SMILES string of the molecule is COC1=CC(=CC(CO)C(C=C2C=C(OC)C(=O)C(OC)=C2)COC(C)=O)C=C(OC)C1=O.